The first kappa shape index (κ1) is 21.9. The third kappa shape index (κ3) is 4.77. The van der Waals surface area contributed by atoms with E-state index in [1.54, 1.807) is 35.5 Å². The van der Waals surface area contributed by atoms with Crippen molar-refractivity contribution >= 4 is 23.6 Å². The van der Waals surface area contributed by atoms with Crippen LogP contribution in [0.5, 0.6) is 0 Å². The molecule has 0 atom stereocenters. The summed E-state index contributed by atoms with van der Waals surface area (Å²) in [5.74, 6) is -0.740. The number of carbonyl (C=O) groups is 2. The molecule has 1 fully saturated rings. The first-order chi connectivity index (χ1) is 15.6. The summed E-state index contributed by atoms with van der Waals surface area (Å²) in [5, 5.41) is 8.88. The van der Waals surface area contributed by atoms with Crippen LogP contribution >= 0.6 is 11.8 Å². The highest BCUT2D eigenvalue weighted by atomic mass is 32.2. The van der Waals surface area contributed by atoms with Crippen LogP contribution in [0.2, 0.25) is 0 Å². The van der Waals surface area contributed by atoms with E-state index < -0.39 is 0 Å². The monoisotopic (exact) mass is 456 g/mol. The van der Waals surface area contributed by atoms with E-state index in [9.17, 15) is 14.0 Å². The van der Waals surface area contributed by atoms with Gasteiger partial charge in [-0.05, 0) is 43.2 Å². The van der Waals surface area contributed by atoms with E-state index in [0.29, 0.717) is 48.2 Å². The lowest BCUT2D eigenvalue weighted by atomic mass is 9.97. The van der Waals surface area contributed by atoms with Gasteiger partial charge in [0.15, 0.2) is 10.9 Å². The number of esters is 1. The van der Waals surface area contributed by atoms with Crippen molar-refractivity contribution in [1.82, 2.24) is 29.9 Å². The molecule has 3 aromatic rings. The minimum atomic E-state index is -0.368. The second-order valence-electron chi connectivity index (χ2n) is 7.18. The summed E-state index contributed by atoms with van der Waals surface area (Å²) in [6.45, 7) is 0.854. The number of piperidine rings is 1. The Morgan fingerprint density at radius 1 is 1.16 bits per heavy atom. The first-order valence-corrected chi connectivity index (χ1v) is 11.0. The van der Waals surface area contributed by atoms with Gasteiger partial charge in [0, 0.05) is 31.2 Å². The molecule has 3 heterocycles. The normalized spacial score (nSPS) is 14.4. The Balaban J connectivity index is 1.59. The second-order valence-corrected chi connectivity index (χ2v) is 8.13. The molecule has 1 amide bonds. The van der Waals surface area contributed by atoms with Gasteiger partial charge in [0.2, 0.25) is 0 Å². The van der Waals surface area contributed by atoms with Gasteiger partial charge in [-0.2, -0.15) is 0 Å². The number of aromatic nitrogens is 5. The minimum absolute atomic E-state index is 0.204. The lowest BCUT2D eigenvalue weighted by molar-refractivity contribution is -0.146. The van der Waals surface area contributed by atoms with Crippen LogP contribution in [0.15, 0.2) is 47.9 Å². The zero-order valence-corrected chi connectivity index (χ0v) is 18.2. The smallest absolute Gasteiger partial charge is 0.308 e. The third-order valence-electron chi connectivity index (χ3n) is 5.23. The molecule has 0 N–H and O–H groups in total. The Kier molecular flexibility index (Phi) is 6.74. The predicted molar refractivity (Wildman–Crippen MR) is 114 cm³/mol. The molecule has 1 saturated heterocycles. The highest BCUT2D eigenvalue weighted by Gasteiger charge is 2.31. The maximum atomic E-state index is 13.4. The number of carbonyl (C=O) groups excluding carboxylic acids is 2. The molecule has 0 bridgehead atoms. The lowest BCUT2D eigenvalue weighted by Gasteiger charge is -2.30. The van der Waals surface area contributed by atoms with Gasteiger partial charge in [0.05, 0.1) is 24.4 Å². The largest absolute Gasteiger partial charge is 0.469 e. The highest BCUT2D eigenvalue weighted by Crippen LogP contribution is 2.25. The van der Waals surface area contributed by atoms with Crippen molar-refractivity contribution in [3.8, 4) is 5.69 Å². The standard InChI is InChI=1S/C21H21FN6O3S/c1-31-20(30)14-7-11-27(12-8-14)19(29)18-17(13-32-21-23-9-2-10-24-21)28(26-25-18)16-5-3-15(22)4-6-16/h2-6,9-10,14H,7-8,11-13H2,1H3. The number of amides is 1. The Bertz CT molecular complexity index is 1080. The van der Waals surface area contributed by atoms with Gasteiger partial charge in [-0.3, -0.25) is 9.59 Å². The fraction of sp³-hybridized carbons (Fsp3) is 0.333. The number of thioether (sulfide) groups is 1. The summed E-state index contributed by atoms with van der Waals surface area (Å²) >= 11 is 1.35. The zero-order chi connectivity index (χ0) is 22.5. The Morgan fingerprint density at radius 3 is 2.50 bits per heavy atom. The van der Waals surface area contributed by atoms with Gasteiger partial charge in [0.25, 0.3) is 5.91 Å². The van der Waals surface area contributed by atoms with E-state index in [4.69, 9.17) is 4.74 Å². The van der Waals surface area contributed by atoms with Crippen molar-refractivity contribution in [3.05, 3.63) is 59.9 Å². The van der Waals surface area contributed by atoms with Crippen LogP contribution < -0.4 is 0 Å². The quantitative estimate of drug-likeness (QED) is 0.317. The number of methoxy groups -OCH3 is 1. The van der Waals surface area contributed by atoms with Gasteiger partial charge < -0.3 is 9.64 Å². The molecule has 11 heteroatoms. The van der Waals surface area contributed by atoms with Crippen LogP contribution in [0, 0.1) is 11.7 Å². The van der Waals surface area contributed by atoms with Crippen LogP contribution in [-0.4, -0.2) is 61.9 Å². The number of nitrogens with zero attached hydrogens (tertiary/aromatic N) is 6. The van der Waals surface area contributed by atoms with Crippen molar-refractivity contribution in [1.29, 1.82) is 0 Å². The van der Waals surface area contributed by atoms with Crippen LogP contribution in [0.4, 0.5) is 4.39 Å². The van der Waals surface area contributed by atoms with Gasteiger partial charge >= 0.3 is 5.97 Å². The van der Waals surface area contributed by atoms with Gasteiger partial charge in [-0.1, -0.05) is 17.0 Å². The van der Waals surface area contributed by atoms with Gasteiger partial charge in [0.1, 0.15) is 5.82 Å². The van der Waals surface area contributed by atoms with Crippen molar-refractivity contribution in [2.75, 3.05) is 20.2 Å². The number of hydrogen-bond donors (Lipinski definition) is 0. The summed E-state index contributed by atoms with van der Waals surface area (Å²) in [6.07, 6.45) is 4.35. The van der Waals surface area contributed by atoms with Gasteiger partial charge in [-0.25, -0.2) is 19.0 Å². The van der Waals surface area contributed by atoms with Crippen molar-refractivity contribution in [2.45, 2.75) is 23.8 Å². The van der Waals surface area contributed by atoms with Crippen LogP contribution in [0.25, 0.3) is 5.69 Å². The summed E-state index contributed by atoms with van der Waals surface area (Å²) in [5.41, 5.74) is 1.37. The Morgan fingerprint density at radius 2 is 1.84 bits per heavy atom. The first-order valence-electron chi connectivity index (χ1n) is 10.0. The molecule has 32 heavy (non-hydrogen) atoms. The molecule has 1 aromatic carbocycles. The predicted octanol–water partition coefficient (Wildman–Crippen LogP) is 2.51. The average molecular weight is 457 g/mol. The van der Waals surface area contributed by atoms with E-state index >= 15 is 0 Å². The molecule has 0 radical (unpaired) electrons. The molecule has 1 aliphatic rings. The van der Waals surface area contributed by atoms with E-state index in [1.165, 1.54) is 35.7 Å². The van der Waals surface area contributed by atoms with Crippen LogP contribution in [0.3, 0.4) is 0 Å². The fourth-order valence-corrected chi connectivity index (χ4v) is 4.31. The zero-order valence-electron chi connectivity index (χ0n) is 17.3. The molecule has 4 rings (SSSR count). The molecule has 166 valence electrons. The van der Waals surface area contributed by atoms with E-state index in [0.717, 1.165) is 0 Å². The number of halogens is 1. The Labute approximate surface area is 188 Å². The summed E-state index contributed by atoms with van der Waals surface area (Å²) in [4.78, 5) is 35.1. The summed E-state index contributed by atoms with van der Waals surface area (Å²) < 4.78 is 19.7. The number of ether oxygens (including phenoxy) is 1. The molecule has 1 aliphatic heterocycles. The van der Waals surface area contributed by atoms with Crippen molar-refractivity contribution < 1.29 is 18.7 Å². The second kappa shape index (κ2) is 9.86. The minimum Gasteiger partial charge on any atom is -0.469 e. The molecule has 0 saturated carbocycles. The molecule has 0 aliphatic carbocycles. The highest BCUT2D eigenvalue weighted by molar-refractivity contribution is 7.98. The summed E-state index contributed by atoms with van der Waals surface area (Å²) in [6, 6.07) is 7.53. The third-order valence-corrected chi connectivity index (χ3v) is 6.12. The maximum absolute atomic E-state index is 13.4. The van der Waals surface area contributed by atoms with Gasteiger partial charge in [-0.15, -0.1) is 5.10 Å². The van der Waals surface area contributed by atoms with Crippen molar-refractivity contribution in [2.24, 2.45) is 5.92 Å². The van der Waals surface area contributed by atoms with Crippen molar-refractivity contribution in [3.63, 3.8) is 0 Å². The van der Waals surface area contributed by atoms with Crippen LogP contribution in [-0.2, 0) is 15.3 Å². The Hall–Kier alpha value is -3.34. The SMILES string of the molecule is COC(=O)C1CCN(C(=O)c2nnn(-c3ccc(F)cc3)c2CSc2ncccn2)CC1. The number of hydrogen-bond acceptors (Lipinski definition) is 8. The molecule has 9 nitrogen and oxygen atoms in total. The number of benzene rings is 1. The fourth-order valence-electron chi connectivity index (χ4n) is 3.51. The van der Waals surface area contributed by atoms with E-state index in [-0.39, 0.29) is 29.3 Å². The molecular weight excluding hydrogens is 435 g/mol. The molecule has 0 unspecified atom stereocenters. The average Bonchev–Trinajstić information content (AvgIpc) is 3.27. The van der Waals surface area contributed by atoms with Crippen LogP contribution in [0.1, 0.15) is 29.0 Å². The summed E-state index contributed by atoms with van der Waals surface area (Å²) in [7, 11) is 1.37. The molecule has 2 aromatic heterocycles. The lowest BCUT2D eigenvalue weighted by Crippen LogP contribution is -2.41. The van der Waals surface area contributed by atoms with E-state index in [1.807, 2.05) is 0 Å². The maximum Gasteiger partial charge on any atom is 0.308 e. The molecule has 0 spiro atoms. The number of likely N-dealkylation sites (tertiary alicyclic amines) is 1. The number of rotatable bonds is 6. The topological polar surface area (TPSA) is 103 Å². The van der Waals surface area contributed by atoms with E-state index in [2.05, 4.69) is 20.3 Å². The molecular formula is C21H21FN6O3S.